The van der Waals surface area contributed by atoms with Crippen LogP contribution in [0.3, 0.4) is 0 Å². The van der Waals surface area contributed by atoms with Crippen molar-refractivity contribution in [3.8, 4) is 21.9 Å². The molecule has 0 radical (unpaired) electrons. The van der Waals surface area contributed by atoms with Crippen LogP contribution in [0.1, 0.15) is 5.56 Å². The Morgan fingerprint density at radius 2 is 1.93 bits per heavy atom. The minimum Gasteiger partial charge on any atom is -0.457 e. The number of piperazine rings is 1. The largest absolute Gasteiger partial charge is 0.457 e. The maximum Gasteiger partial charge on any atom is 0.247 e. The summed E-state index contributed by atoms with van der Waals surface area (Å²) in [5, 5.41) is 14.9. The zero-order valence-corrected chi connectivity index (χ0v) is 24.8. The van der Waals surface area contributed by atoms with Crippen molar-refractivity contribution < 1.29 is 9.53 Å². The molecule has 12 heteroatoms. The summed E-state index contributed by atoms with van der Waals surface area (Å²) in [4.78, 5) is 29.8. The number of fused-ring (bicyclic) bond motifs is 2. The van der Waals surface area contributed by atoms with Crippen molar-refractivity contribution in [3.63, 3.8) is 0 Å². The van der Waals surface area contributed by atoms with E-state index < -0.39 is 0 Å². The second kappa shape index (κ2) is 11.7. The summed E-state index contributed by atoms with van der Waals surface area (Å²) in [5.41, 5.74) is 5.30. The van der Waals surface area contributed by atoms with E-state index in [4.69, 9.17) is 4.74 Å². The molecule has 1 aliphatic heterocycles. The minimum absolute atomic E-state index is 0.240. The molecular formula is C32H29N9O2S. The molecule has 1 fully saturated rings. The molecule has 3 N–H and O–H groups in total. The number of aromatic nitrogens is 5. The number of rotatable bonds is 8. The van der Waals surface area contributed by atoms with E-state index in [9.17, 15) is 4.79 Å². The highest BCUT2D eigenvalue weighted by molar-refractivity contribution is 7.21. The molecule has 44 heavy (non-hydrogen) atoms. The molecule has 0 spiro atoms. The third kappa shape index (κ3) is 5.55. The highest BCUT2D eigenvalue weighted by Crippen LogP contribution is 2.39. The second-order valence-corrected chi connectivity index (χ2v) is 11.4. The van der Waals surface area contributed by atoms with Crippen molar-refractivity contribution in [3.05, 3.63) is 91.7 Å². The number of carbonyl (C=O) groups is 1. The predicted molar refractivity (Wildman–Crippen MR) is 174 cm³/mol. The number of ether oxygens (including phenoxy) is 1. The molecule has 1 amide bonds. The maximum atomic E-state index is 12.3. The number of pyridine rings is 1. The summed E-state index contributed by atoms with van der Waals surface area (Å²) in [5.74, 6) is 1.90. The number of hydrogen-bond acceptors (Lipinski definition) is 10. The van der Waals surface area contributed by atoms with Gasteiger partial charge in [-0.05, 0) is 66.6 Å². The van der Waals surface area contributed by atoms with Gasteiger partial charge in [-0.1, -0.05) is 12.6 Å². The van der Waals surface area contributed by atoms with E-state index in [2.05, 4.69) is 65.7 Å². The van der Waals surface area contributed by atoms with Crippen molar-refractivity contribution in [1.82, 2.24) is 29.9 Å². The fraction of sp³-hybridized carbons (Fsp3) is 0.156. The van der Waals surface area contributed by atoms with Gasteiger partial charge in [0.15, 0.2) is 5.65 Å². The van der Waals surface area contributed by atoms with E-state index in [0.29, 0.717) is 11.6 Å². The Morgan fingerprint density at radius 3 is 2.77 bits per heavy atom. The topological polar surface area (TPSA) is 122 Å². The van der Waals surface area contributed by atoms with Crippen molar-refractivity contribution >= 4 is 56.0 Å². The van der Waals surface area contributed by atoms with Gasteiger partial charge >= 0.3 is 0 Å². The van der Waals surface area contributed by atoms with Gasteiger partial charge in [0.2, 0.25) is 5.91 Å². The molecule has 2 aromatic carbocycles. The molecule has 0 aliphatic carbocycles. The first-order chi connectivity index (χ1) is 21.5. The van der Waals surface area contributed by atoms with Crippen LogP contribution < -0.4 is 25.6 Å². The van der Waals surface area contributed by atoms with Crippen molar-refractivity contribution in [1.29, 1.82) is 0 Å². The van der Waals surface area contributed by atoms with Crippen molar-refractivity contribution in [2.45, 2.75) is 6.92 Å². The molecule has 4 aromatic heterocycles. The van der Waals surface area contributed by atoms with Gasteiger partial charge in [-0.15, -0.1) is 11.3 Å². The van der Waals surface area contributed by atoms with E-state index in [1.54, 1.807) is 22.2 Å². The molecule has 0 bridgehead atoms. The summed E-state index contributed by atoms with van der Waals surface area (Å²) in [7, 11) is 0. The first-order valence-corrected chi connectivity index (χ1v) is 15.0. The highest BCUT2D eigenvalue weighted by atomic mass is 32.1. The summed E-state index contributed by atoms with van der Waals surface area (Å²) in [6.07, 6.45) is 6.19. The molecule has 220 valence electrons. The first kappa shape index (κ1) is 27.5. The fourth-order valence-corrected chi connectivity index (χ4v) is 6.21. The summed E-state index contributed by atoms with van der Waals surface area (Å²) >= 11 is 1.58. The zero-order valence-electron chi connectivity index (χ0n) is 23.9. The molecule has 5 heterocycles. The number of aryl methyl sites for hydroxylation is 1. The third-order valence-electron chi connectivity index (χ3n) is 7.43. The van der Waals surface area contributed by atoms with Crippen LogP contribution in [0.4, 0.5) is 22.9 Å². The Hall–Kier alpha value is -5.33. The van der Waals surface area contributed by atoms with Crippen LogP contribution in [0.2, 0.25) is 0 Å². The molecule has 0 atom stereocenters. The number of benzene rings is 2. The van der Waals surface area contributed by atoms with Crippen LogP contribution in [0.15, 0.2) is 86.1 Å². The van der Waals surface area contributed by atoms with E-state index in [0.717, 1.165) is 80.9 Å². The number of anilines is 4. The molecule has 1 saturated heterocycles. The van der Waals surface area contributed by atoms with E-state index in [-0.39, 0.29) is 5.91 Å². The van der Waals surface area contributed by atoms with Gasteiger partial charge in [-0.2, -0.15) is 5.10 Å². The van der Waals surface area contributed by atoms with E-state index >= 15 is 0 Å². The number of thiophene rings is 1. The molecule has 0 saturated carbocycles. The molecule has 11 nitrogen and oxygen atoms in total. The van der Waals surface area contributed by atoms with Gasteiger partial charge < -0.3 is 25.6 Å². The summed E-state index contributed by atoms with van der Waals surface area (Å²) < 4.78 is 7.82. The highest BCUT2D eigenvalue weighted by Gasteiger charge is 2.18. The lowest BCUT2D eigenvalue weighted by atomic mass is 10.1. The van der Waals surface area contributed by atoms with Crippen LogP contribution in [0, 0.1) is 6.92 Å². The first-order valence-electron chi connectivity index (χ1n) is 14.2. The van der Waals surface area contributed by atoms with Gasteiger partial charge in [0.25, 0.3) is 0 Å². The molecule has 7 rings (SSSR count). The van der Waals surface area contributed by atoms with Gasteiger partial charge in [0, 0.05) is 49.0 Å². The lowest BCUT2D eigenvalue weighted by Gasteiger charge is -2.31. The van der Waals surface area contributed by atoms with Crippen LogP contribution in [-0.2, 0) is 4.79 Å². The van der Waals surface area contributed by atoms with Gasteiger partial charge in [0.1, 0.15) is 34.8 Å². The maximum absolute atomic E-state index is 12.3. The Kier molecular flexibility index (Phi) is 7.34. The second-order valence-electron chi connectivity index (χ2n) is 10.3. The van der Waals surface area contributed by atoms with Crippen molar-refractivity contribution in [2.24, 2.45) is 0 Å². The Balaban J connectivity index is 1.15. The lowest BCUT2D eigenvalue weighted by Crippen LogP contribution is -2.43. The molecular weight excluding hydrogens is 574 g/mol. The van der Waals surface area contributed by atoms with Gasteiger partial charge in [-0.3, -0.25) is 4.79 Å². The Bertz CT molecular complexity index is 2010. The number of nitrogens with zero attached hydrogens (tertiary/aromatic N) is 6. The molecule has 1 aliphatic rings. The van der Waals surface area contributed by atoms with Crippen LogP contribution >= 0.6 is 11.3 Å². The summed E-state index contributed by atoms with van der Waals surface area (Å²) in [6, 6.07) is 17.9. The fourth-order valence-electron chi connectivity index (χ4n) is 5.22. The van der Waals surface area contributed by atoms with Gasteiger partial charge in [0.05, 0.1) is 16.8 Å². The minimum atomic E-state index is -0.240. The SMILES string of the molecule is C=CC(=O)Nc1cc(-c2cc3c(Nc4ccc(Oc5ccn6ncnc6c5)c(C)c4)ncnc3s2)ccc1N1CCNCC1. The monoisotopic (exact) mass is 603 g/mol. The Morgan fingerprint density at radius 1 is 1.05 bits per heavy atom. The smallest absolute Gasteiger partial charge is 0.247 e. The van der Waals surface area contributed by atoms with Crippen molar-refractivity contribution in [2.75, 3.05) is 41.7 Å². The average Bonchev–Trinajstić information content (AvgIpc) is 3.70. The Labute approximate surface area is 257 Å². The third-order valence-corrected chi connectivity index (χ3v) is 8.52. The number of amides is 1. The lowest BCUT2D eigenvalue weighted by molar-refractivity contribution is -0.111. The number of nitrogens with one attached hydrogen (secondary N) is 3. The normalized spacial score (nSPS) is 13.2. The van der Waals surface area contributed by atoms with Crippen LogP contribution in [0.25, 0.3) is 26.3 Å². The van der Waals surface area contributed by atoms with Crippen LogP contribution in [-0.4, -0.2) is 56.7 Å². The predicted octanol–water partition coefficient (Wildman–Crippen LogP) is 5.78. The van der Waals surface area contributed by atoms with Gasteiger partial charge in [-0.25, -0.2) is 19.5 Å². The standard InChI is InChI=1S/C32H29N9O2S/c1-3-30(42)39-25-15-21(4-6-26(25)40-12-9-33-10-13-40)28-17-24-31(35-18-36-32(24)44-28)38-22-5-7-27(20(2)14-22)43-23-8-11-41-29(16-23)34-19-37-41/h3-8,11,14-19,33H,1,9-10,12-13H2,2H3,(H,39,42)(H,35,36,38). The number of hydrogen-bond donors (Lipinski definition) is 3. The number of carbonyl (C=O) groups excluding carboxylic acids is 1. The van der Waals surface area contributed by atoms with E-state index in [1.807, 2.05) is 49.5 Å². The molecule has 6 aromatic rings. The molecule has 0 unspecified atom stereocenters. The quantitative estimate of drug-likeness (QED) is 0.186. The zero-order chi connectivity index (χ0) is 30.0. The summed E-state index contributed by atoms with van der Waals surface area (Å²) in [6.45, 7) is 9.16. The van der Waals surface area contributed by atoms with E-state index in [1.165, 1.54) is 12.4 Å². The average molecular weight is 604 g/mol. The van der Waals surface area contributed by atoms with Crippen LogP contribution in [0.5, 0.6) is 11.5 Å².